The van der Waals surface area contributed by atoms with Crippen molar-refractivity contribution in [3.63, 3.8) is 0 Å². The summed E-state index contributed by atoms with van der Waals surface area (Å²) in [6.07, 6.45) is 3.50. The van der Waals surface area contributed by atoms with E-state index in [-0.39, 0.29) is 0 Å². The smallest absolute Gasteiger partial charge is 0.0536 e. The summed E-state index contributed by atoms with van der Waals surface area (Å²) >= 11 is 0. The summed E-state index contributed by atoms with van der Waals surface area (Å²) in [5.74, 6) is 0.469. The monoisotopic (exact) mass is 178 g/mol. The molecule has 0 radical (unpaired) electrons. The van der Waals surface area contributed by atoms with Crippen LogP contribution in [0.1, 0.15) is 11.5 Å². The van der Waals surface area contributed by atoms with Crippen molar-refractivity contribution in [1.82, 2.24) is 15.6 Å². The van der Waals surface area contributed by atoms with Crippen LogP contribution in [0.2, 0.25) is 0 Å². The Morgan fingerprint density at radius 3 is 2.85 bits per heavy atom. The van der Waals surface area contributed by atoms with Gasteiger partial charge >= 0.3 is 0 Å². The fourth-order valence-corrected chi connectivity index (χ4v) is 1.66. The highest BCUT2D eigenvalue weighted by atomic mass is 15.1. The molecule has 4 heteroatoms. The highest BCUT2D eigenvalue weighted by molar-refractivity contribution is 5.46. The third kappa shape index (κ3) is 1.79. The number of hydrogen-bond donors (Lipinski definition) is 3. The second-order valence-electron chi connectivity index (χ2n) is 3.29. The summed E-state index contributed by atoms with van der Waals surface area (Å²) in [4.78, 5) is 3.97. The van der Waals surface area contributed by atoms with Crippen LogP contribution in [0, 0.1) is 0 Å². The zero-order valence-electron chi connectivity index (χ0n) is 7.46. The highest BCUT2D eigenvalue weighted by Gasteiger charge is 2.16. The summed E-state index contributed by atoms with van der Waals surface area (Å²) in [6, 6.07) is 1.99. The molecule has 2 rings (SSSR count). The van der Waals surface area contributed by atoms with E-state index < -0.39 is 0 Å². The third-order valence-corrected chi connectivity index (χ3v) is 2.36. The van der Waals surface area contributed by atoms with Crippen LogP contribution < -0.4 is 16.4 Å². The molecule has 4 nitrogen and oxygen atoms in total. The summed E-state index contributed by atoms with van der Waals surface area (Å²) < 4.78 is 0. The molecular formula is C9H14N4. The number of hydrogen-bond acceptors (Lipinski definition) is 4. The normalized spacial score (nSPS) is 18.8. The molecule has 0 unspecified atom stereocenters. The molecule has 2 heterocycles. The lowest BCUT2D eigenvalue weighted by atomic mass is 9.98. The first-order valence-corrected chi connectivity index (χ1v) is 4.49. The van der Waals surface area contributed by atoms with E-state index in [1.807, 2.05) is 6.07 Å². The van der Waals surface area contributed by atoms with Crippen molar-refractivity contribution < 1.29 is 0 Å². The van der Waals surface area contributed by atoms with Gasteiger partial charge in [-0.25, -0.2) is 0 Å². The quantitative estimate of drug-likeness (QED) is 0.562. The van der Waals surface area contributed by atoms with Crippen LogP contribution >= 0.6 is 0 Å². The molecule has 0 aliphatic carbocycles. The topological polar surface area (TPSA) is 63.0 Å². The standard InChI is InChI=1S/C9H14N4/c10-9-5-11-2-1-8(9)7-3-12-6-13-4-7/h1-2,5,7,12-13H,3-4,6,10H2. The van der Waals surface area contributed by atoms with Crippen molar-refractivity contribution in [1.29, 1.82) is 0 Å². The minimum atomic E-state index is 0.469. The zero-order valence-corrected chi connectivity index (χ0v) is 7.46. The van der Waals surface area contributed by atoms with E-state index in [2.05, 4.69) is 15.6 Å². The number of nitrogens with zero attached hydrogens (tertiary/aromatic N) is 1. The van der Waals surface area contributed by atoms with Gasteiger partial charge in [0.05, 0.1) is 11.9 Å². The lowest BCUT2D eigenvalue weighted by Crippen LogP contribution is -2.42. The molecule has 0 saturated carbocycles. The number of anilines is 1. The fourth-order valence-electron chi connectivity index (χ4n) is 1.66. The predicted molar refractivity (Wildman–Crippen MR) is 52.3 cm³/mol. The second-order valence-corrected chi connectivity index (χ2v) is 3.29. The maximum Gasteiger partial charge on any atom is 0.0536 e. The molecule has 0 amide bonds. The number of nitrogen functional groups attached to an aromatic ring is 1. The van der Waals surface area contributed by atoms with E-state index in [0.29, 0.717) is 5.92 Å². The molecule has 1 aromatic rings. The van der Waals surface area contributed by atoms with Crippen molar-refractivity contribution in [2.24, 2.45) is 0 Å². The van der Waals surface area contributed by atoms with E-state index in [4.69, 9.17) is 5.73 Å². The van der Waals surface area contributed by atoms with Gasteiger partial charge in [-0.05, 0) is 11.6 Å². The molecule has 1 aromatic heterocycles. The van der Waals surface area contributed by atoms with E-state index in [9.17, 15) is 0 Å². The molecule has 0 spiro atoms. The van der Waals surface area contributed by atoms with Gasteiger partial charge in [0.2, 0.25) is 0 Å². The summed E-state index contributed by atoms with van der Waals surface area (Å²) in [5.41, 5.74) is 7.81. The van der Waals surface area contributed by atoms with Gasteiger partial charge in [0.25, 0.3) is 0 Å². The first-order chi connectivity index (χ1) is 6.38. The molecule has 4 N–H and O–H groups in total. The van der Waals surface area contributed by atoms with Gasteiger partial charge in [-0.15, -0.1) is 0 Å². The van der Waals surface area contributed by atoms with Gasteiger partial charge in [0.1, 0.15) is 0 Å². The molecule has 0 bridgehead atoms. The van der Waals surface area contributed by atoms with Gasteiger partial charge in [-0.2, -0.15) is 0 Å². The van der Waals surface area contributed by atoms with Crippen LogP contribution in [0.5, 0.6) is 0 Å². The molecule has 13 heavy (non-hydrogen) atoms. The molecule has 1 aliphatic rings. The van der Waals surface area contributed by atoms with E-state index in [0.717, 1.165) is 25.4 Å². The number of rotatable bonds is 1. The SMILES string of the molecule is Nc1cnccc1C1CNCNC1. The Hall–Kier alpha value is -1.13. The van der Waals surface area contributed by atoms with Crippen LogP contribution in [0.25, 0.3) is 0 Å². The Morgan fingerprint density at radius 1 is 1.38 bits per heavy atom. The minimum Gasteiger partial charge on any atom is -0.397 e. The van der Waals surface area contributed by atoms with E-state index >= 15 is 0 Å². The Bertz CT molecular complexity index is 281. The number of aromatic nitrogens is 1. The van der Waals surface area contributed by atoms with Gasteiger partial charge in [0.15, 0.2) is 0 Å². The van der Waals surface area contributed by atoms with Gasteiger partial charge in [-0.1, -0.05) is 0 Å². The lowest BCUT2D eigenvalue weighted by Gasteiger charge is -2.24. The van der Waals surface area contributed by atoms with Crippen molar-refractivity contribution in [3.8, 4) is 0 Å². The first-order valence-electron chi connectivity index (χ1n) is 4.49. The number of pyridine rings is 1. The van der Waals surface area contributed by atoms with Crippen LogP contribution in [0.4, 0.5) is 5.69 Å². The Morgan fingerprint density at radius 2 is 2.15 bits per heavy atom. The summed E-state index contributed by atoms with van der Waals surface area (Å²) in [5, 5.41) is 6.55. The summed E-state index contributed by atoms with van der Waals surface area (Å²) in [7, 11) is 0. The van der Waals surface area contributed by atoms with Gasteiger partial charge in [0, 0.05) is 31.9 Å². The van der Waals surface area contributed by atoms with Crippen LogP contribution in [0.3, 0.4) is 0 Å². The molecule has 70 valence electrons. The molecule has 1 fully saturated rings. The average molecular weight is 178 g/mol. The van der Waals surface area contributed by atoms with Gasteiger partial charge in [-0.3, -0.25) is 4.98 Å². The van der Waals surface area contributed by atoms with Gasteiger partial charge < -0.3 is 16.4 Å². The Kier molecular flexibility index (Phi) is 2.42. The summed E-state index contributed by atoms with van der Waals surface area (Å²) in [6.45, 7) is 2.86. The molecule has 1 saturated heterocycles. The molecular weight excluding hydrogens is 164 g/mol. The Labute approximate surface area is 77.5 Å². The lowest BCUT2D eigenvalue weighted by molar-refractivity contribution is 0.447. The number of nitrogens with two attached hydrogens (primary N) is 1. The minimum absolute atomic E-state index is 0.469. The van der Waals surface area contributed by atoms with Crippen molar-refractivity contribution >= 4 is 5.69 Å². The molecule has 1 aliphatic heterocycles. The van der Waals surface area contributed by atoms with E-state index in [1.54, 1.807) is 12.4 Å². The number of nitrogens with one attached hydrogen (secondary N) is 2. The predicted octanol–water partition coefficient (Wildman–Crippen LogP) is -0.102. The zero-order chi connectivity index (χ0) is 9.10. The Balaban J connectivity index is 2.18. The average Bonchev–Trinajstić information content (AvgIpc) is 2.20. The van der Waals surface area contributed by atoms with E-state index in [1.165, 1.54) is 5.56 Å². The maximum absolute atomic E-state index is 5.83. The fraction of sp³-hybridized carbons (Fsp3) is 0.444. The second kappa shape index (κ2) is 3.72. The van der Waals surface area contributed by atoms with Crippen LogP contribution in [0.15, 0.2) is 18.5 Å². The van der Waals surface area contributed by atoms with Crippen molar-refractivity contribution in [3.05, 3.63) is 24.0 Å². The highest BCUT2D eigenvalue weighted by Crippen LogP contribution is 2.20. The third-order valence-electron chi connectivity index (χ3n) is 2.36. The van der Waals surface area contributed by atoms with Crippen LogP contribution in [-0.2, 0) is 0 Å². The molecule has 0 atom stereocenters. The van der Waals surface area contributed by atoms with Crippen LogP contribution in [-0.4, -0.2) is 24.7 Å². The first kappa shape index (κ1) is 8.47. The molecule has 0 aromatic carbocycles. The maximum atomic E-state index is 5.83. The largest absolute Gasteiger partial charge is 0.397 e. The van der Waals surface area contributed by atoms with Crippen molar-refractivity contribution in [2.45, 2.75) is 5.92 Å². The van der Waals surface area contributed by atoms with Crippen molar-refractivity contribution in [2.75, 3.05) is 25.5 Å².